The molecule has 34 heavy (non-hydrogen) atoms. The van der Waals surface area contributed by atoms with Gasteiger partial charge in [-0.2, -0.15) is 0 Å². The van der Waals surface area contributed by atoms with Gasteiger partial charge < -0.3 is 20.4 Å². The third-order valence-electron chi connectivity index (χ3n) is 7.17. The Labute approximate surface area is 206 Å². The monoisotopic (exact) mass is 480 g/mol. The summed E-state index contributed by atoms with van der Waals surface area (Å²) in [5.41, 5.74) is 3.17. The molecule has 4 atom stereocenters. The van der Waals surface area contributed by atoms with E-state index in [4.69, 9.17) is 16.6 Å². The number of nitrogens with zero attached hydrogens (tertiary/aromatic N) is 4. The first-order valence-corrected chi connectivity index (χ1v) is 12.6. The summed E-state index contributed by atoms with van der Waals surface area (Å²) in [5.74, 6) is 2.15. The van der Waals surface area contributed by atoms with Gasteiger partial charge in [0.15, 0.2) is 0 Å². The van der Waals surface area contributed by atoms with Gasteiger partial charge in [-0.25, -0.2) is 9.97 Å². The van der Waals surface area contributed by atoms with E-state index in [9.17, 15) is 4.79 Å². The number of carbonyl (C=O) groups excluding carboxylic acids is 1. The van der Waals surface area contributed by atoms with E-state index in [1.165, 1.54) is 5.56 Å². The summed E-state index contributed by atoms with van der Waals surface area (Å²) in [5, 5.41) is 7.48. The first-order valence-electron chi connectivity index (χ1n) is 12.2. The van der Waals surface area contributed by atoms with Gasteiger partial charge in [0.25, 0.3) is 0 Å². The zero-order valence-corrected chi connectivity index (χ0v) is 20.8. The zero-order chi connectivity index (χ0) is 24.0. The normalized spacial score (nSPS) is 24.4. The van der Waals surface area contributed by atoms with Gasteiger partial charge in [-0.15, -0.1) is 0 Å². The third kappa shape index (κ3) is 4.39. The van der Waals surface area contributed by atoms with Gasteiger partial charge in [-0.05, 0) is 36.5 Å². The zero-order valence-electron chi connectivity index (χ0n) is 20.1. The minimum Gasteiger partial charge on any atom is -0.349 e. The van der Waals surface area contributed by atoms with Crippen molar-refractivity contribution in [1.29, 1.82) is 0 Å². The lowest BCUT2D eigenvalue weighted by Crippen LogP contribution is -2.51. The van der Waals surface area contributed by atoms with Gasteiger partial charge in [-0.3, -0.25) is 4.79 Å². The van der Waals surface area contributed by atoms with E-state index in [1.807, 2.05) is 24.3 Å². The van der Waals surface area contributed by atoms with Crippen LogP contribution in [0.4, 0.5) is 11.6 Å². The summed E-state index contributed by atoms with van der Waals surface area (Å²) in [4.78, 5) is 27.4. The molecule has 2 N–H and O–H groups in total. The molecular formula is C26H33ClN6O. The summed E-state index contributed by atoms with van der Waals surface area (Å²) >= 11 is 6.11. The molecule has 7 nitrogen and oxygen atoms in total. The number of amides is 1. The fourth-order valence-corrected chi connectivity index (χ4v) is 5.50. The second kappa shape index (κ2) is 9.19. The molecule has 1 aliphatic carbocycles. The van der Waals surface area contributed by atoms with Crippen molar-refractivity contribution < 1.29 is 4.79 Å². The molecule has 1 saturated carbocycles. The van der Waals surface area contributed by atoms with Crippen molar-refractivity contribution in [2.75, 3.05) is 29.9 Å². The van der Waals surface area contributed by atoms with Crippen LogP contribution < -0.4 is 15.5 Å². The number of fused-ring (bicyclic) bond motifs is 2. The van der Waals surface area contributed by atoms with E-state index in [-0.39, 0.29) is 17.9 Å². The van der Waals surface area contributed by atoms with Crippen LogP contribution in [0.15, 0.2) is 42.9 Å². The second-order valence-electron chi connectivity index (χ2n) is 10.1. The van der Waals surface area contributed by atoms with Crippen molar-refractivity contribution in [3.8, 4) is 0 Å². The Morgan fingerprint density at radius 1 is 1.24 bits per heavy atom. The largest absolute Gasteiger partial charge is 0.349 e. The van der Waals surface area contributed by atoms with Crippen molar-refractivity contribution in [3.63, 3.8) is 0 Å². The number of nitrogens with one attached hydrogen (secondary N) is 2. The molecule has 8 heteroatoms. The molecule has 3 aliphatic rings. The summed E-state index contributed by atoms with van der Waals surface area (Å²) in [7, 11) is 0. The summed E-state index contributed by atoms with van der Waals surface area (Å²) < 4.78 is 0. The quantitative estimate of drug-likeness (QED) is 0.647. The number of hydrogen-bond acceptors (Lipinski definition) is 6. The molecule has 2 aromatic rings. The van der Waals surface area contributed by atoms with Crippen LogP contribution in [-0.2, 0) is 4.79 Å². The van der Waals surface area contributed by atoms with Gasteiger partial charge in [0.1, 0.15) is 18.0 Å². The molecular weight excluding hydrogens is 448 g/mol. The van der Waals surface area contributed by atoms with Crippen molar-refractivity contribution in [3.05, 3.63) is 59.0 Å². The van der Waals surface area contributed by atoms with Crippen LogP contribution in [0.2, 0.25) is 5.02 Å². The fraction of sp³-hybridized carbons (Fsp3) is 0.500. The molecule has 0 bridgehead atoms. The predicted octanol–water partition coefficient (Wildman–Crippen LogP) is 4.13. The molecule has 1 amide bonds. The van der Waals surface area contributed by atoms with Crippen molar-refractivity contribution in [2.24, 2.45) is 0 Å². The summed E-state index contributed by atoms with van der Waals surface area (Å²) in [6.45, 7) is 12.6. The van der Waals surface area contributed by atoms with E-state index >= 15 is 0 Å². The highest BCUT2D eigenvalue weighted by Gasteiger charge is 2.52. The van der Waals surface area contributed by atoms with Crippen LogP contribution in [0.25, 0.3) is 0 Å². The number of anilines is 2. The number of hydrogen-bond donors (Lipinski definition) is 2. The standard InChI is InChI=1S/C26H33ClN6O/c1-15(2)28-13-20(18-5-7-19(27)8-6-18)26(34)33-10-9-32(21-12-22(21)33)25-23-16(3)11-17(4)31-24(23)29-14-30-25/h5-8,14-16,20-22,28H,4,9-13H2,1-3H3,(H,29,30,31)/t16-,20-,21+,22-/m1/s1. The molecule has 2 aliphatic heterocycles. The average molecular weight is 481 g/mol. The first-order chi connectivity index (χ1) is 16.3. The number of carbonyl (C=O) groups is 1. The maximum atomic E-state index is 13.8. The Kier molecular flexibility index (Phi) is 6.25. The number of halogens is 1. The molecule has 2 fully saturated rings. The highest BCUT2D eigenvalue weighted by Crippen LogP contribution is 2.45. The van der Waals surface area contributed by atoms with E-state index < -0.39 is 0 Å². The summed E-state index contributed by atoms with van der Waals surface area (Å²) in [6, 6.07) is 8.52. The number of rotatable bonds is 6. The Hall–Kier alpha value is -2.64. The fourth-order valence-electron chi connectivity index (χ4n) is 5.38. The van der Waals surface area contributed by atoms with Crippen LogP contribution >= 0.6 is 11.6 Å². The van der Waals surface area contributed by atoms with Gasteiger partial charge in [0.2, 0.25) is 5.91 Å². The van der Waals surface area contributed by atoms with Crippen LogP contribution in [-0.4, -0.2) is 58.5 Å². The molecule has 0 spiro atoms. The number of piperazine rings is 1. The van der Waals surface area contributed by atoms with Crippen molar-refractivity contribution in [2.45, 2.75) is 63.6 Å². The van der Waals surface area contributed by atoms with Crippen molar-refractivity contribution >= 4 is 29.1 Å². The molecule has 1 aromatic heterocycles. The lowest BCUT2D eigenvalue weighted by molar-refractivity contribution is -0.133. The first kappa shape index (κ1) is 23.1. The molecule has 0 unspecified atom stereocenters. The van der Waals surface area contributed by atoms with Gasteiger partial charge >= 0.3 is 0 Å². The topological polar surface area (TPSA) is 73.4 Å². The molecule has 1 saturated heterocycles. The predicted molar refractivity (Wildman–Crippen MR) is 136 cm³/mol. The average Bonchev–Trinajstić information content (AvgIpc) is 3.60. The number of benzene rings is 1. The van der Waals surface area contributed by atoms with E-state index in [2.05, 4.69) is 52.8 Å². The minimum absolute atomic E-state index is 0.193. The Morgan fingerprint density at radius 2 is 2.00 bits per heavy atom. The molecule has 3 heterocycles. The molecule has 5 rings (SSSR count). The van der Waals surface area contributed by atoms with E-state index in [0.717, 1.165) is 42.3 Å². The minimum atomic E-state index is -0.227. The maximum absolute atomic E-state index is 13.8. The van der Waals surface area contributed by atoms with Gasteiger partial charge in [0.05, 0.1) is 18.0 Å². The SMILES string of the molecule is C=C1C[C@@H](C)c2c(ncnc2N2CCN(C(=O)[C@H](CNC(C)C)c3ccc(Cl)cc3)[C@@H]3C[C@@H]32)N1. The van der Waals surface area contributed by atoms with Crippen LogP contribution in [0.1, 0.15) is 56.6 Å². The second-order valence-corrected chi connectivity index (χ2v) is 10.5. The van der Waals surface area contributed by atoms with Gasteiger partial charge in [-0.1, -0.05) is 51.1 Å². The molecule has 0 radical (unpaired) electrons. The van der Waals surface area contributed by atoms with Crippen LogP contribution in [0.3, 0.4) is 0 Å². The number of allylic oxidation sites excluding steroid dienone is 1. The van der Waals surface area contributed by atoms with Gasteiger partial charge in [0, 0.05) is 42.0 Å². The highest BCUT2D eigenvalue weighted by molar-refractivity contribution is 6.30. The molecule has 180 valence electrons. The Bertz CT molecular complexity index is 1090. The summed E-state index contributed by atoms with van der Waals surface area (Å²) in [6.07, 6.45) is 3.49. The van der Waals surface area contributed by atoms with Crippen LogP contribution in [0, 0.1) is 0 Å². The van der Waals surface area contributed by atoms with E-state index in [1.54, 1.807) is 6.33 Å². The third-order valence-corrected chi connectivity index (χ3v) is 7.42. The molecule has 1 aromatic carbocycles. The lowest BCUT2D eigenvalue weighted by Gasteiger charge is -2.38. The Balaban J connectivity index is 1.35. The van der Waals surface area contributed by atoms with Crippen LogP contribution in [0.5, 0.6) is 0 Å². The highest BCUT2D eigenvalue weighted by atomic mass is 35.5. The van der Waals surface area contributed by atoms with Crippen molar-refractivity contribution in [1.82, 2.24) is 20.2 Å². The Morgan fingerprint density at radius 3 is 2.74 bits per heavy atom. The maximum Gasteiger partial charge on any atom is 0.231 e. The smallest absolute Gasteiger partial charge is 0.231 e. The number of aromatic nitrogens is 2. The lowest BCUT2D eigenvalue weighted by atomic mass is 9.93. The van der Waals surface area contributed by atoms with E-state index in [0.29, 0.717) is 36.1 Å².